The van der Waals surface area contributed by atoms with Crippen LogP contribution in [-0.4, -0.2) is 15.6 Å². The summed E-state index contributed by atoms with van der Waals surface area (Å²) in [7, 11) is 0. The van der Waals surface area contributed by atoms with Gasteiger partial charge in [0.15, 0.2) is 0 Å². The number of nitrogens with one attached hydrogen (secondary N) is 1. The predicted molar refractivity (Wildman–Crippen MR) is 55.8 cm³/mol. The number of rotatable bonds is 5. The van der Waals surface area contributed by atoms with E-state index in [1.54, 1.807) is 6.20 Å². The van der Waals surface area contributed by atoms with E-state index in [0.717, 1.165) is 18.9 Å². The van der Waals surface area contributed by atoms with Crippen molar-refractivity contribution in [2.45, 2.75) is 32.9 Å². The molecule has 0 saturated heterocycles. The Balaban J connectivity index is 2.64. The monoisotopic (exact) mass is 179 g/mol. The largest absolute Gasteiger partial charge is 0.353 e. The first kappa shape index (κ1) is 9.84. The van der Waals surface area contributed by atoms with Gasteiger partial charge in [0.2, 0.25) is 5.95 Å². The van der Waals surface area contributed by atoms with Gasteiger partial charge in [-0.15, -0.1) is 6.58 Å². The van der Waals surface area contributed by atoms with Crippen LogP contribution in [0.15, 0.2) is 25.0 Å². The van der Waals surface area contributed by atoms with Gasteiger partial charge < -0.3 is 9.88 Å². The zero-order valence-electron chi connectivity index (χ0n) is 8.33. The Bertz CT molecular complexity index is 265. The molecule has 1 heterocycles. The Kier molecular flexibility index (Phi) is 3.55. The summed E-state index contributed by atoms with van der Waals surface area (Å²) < 4.78 is 2.04. The summed E-state index contributed by atoms with van der Waals surface area (Å²) in [5, 5.41) is 3.33. The van der Waals surface area contributed by atoms with E-state index in [1.165, 1.54) is 0 Å². The zero-order chi connectivity index (χ0) is 9.68. The first-order chi connectivity index (χ1) is 6.27. The van der Waals surface area contributed by atoms with Crippen LogP contribution in [0.2, 0.25) is 0 Å². The van der Waals surface area contributed by atoms with Gasteiger partial charge in [0.05, 0.1) is 0 Å². The highest BCUT2D eigenvalue weighted by Gasteiger charge is 2.03. The van der Waals surface area contributed by atoms with Crippen molar-refractivity contribution < 1.29 is 0 Å². The molecule has 0 aliphatic rings. The van der Waals surface area contributed by atoms with Crippen LogP contribution in [0.5, 0.6) is 0 Å². The quantitative estimate of drug-likeness (QED) is 0.703. The van der Waals surface area contributed by atoms with Crippen LogP contribution < -0.4 is 5.32 Å². The molecule has 3 heteroatoms. The minimum absolute atomic E-state index is 0.464. The van der Waals surface area contributed by atoms with Crippen LogP contribution in [0.25, 0.3) is 0 Å². The van der Waals surface area contributed by atoms with Gasteiger partial charge in [-0.05, 0) is 13.3 Å². The molecule has 1 aromatic heterocycles. The first-order valence-electron chi connectivity index (χ1n) is 4.66. The average molecular weight is 179 g/mol. The van der Waals surface area contributed by atoms with Crippen LogP contribution in [-0.2, 0) is 6.54 Å². The van der Waals surface area contributed by atoms with Crippen LogP contribution in [0, 0.1) is 0 Å². The molecule has 1 atom stereocenters. The Labute approximate surface area is 79.5 Å². The van der Waals surface area contributed by atoms with Crippen LogP contribution in [0.3, 0.4) is 0 Å². The predicted octanol–water partition coefficient (Wildman–Crippen LogP) is 2.28. The summed E-state index contributed by atoms with van der Waals surface area (Å²) in [6, 6.07) is 0.464. The standard InChI is InChI=1S/C10H17N3/c1-4-7-13-8-6-11-10(13)12-9(3)5-2/h4,6,8-9H,1,5,7H2,2-3H3,(H,11,12). The lowest BCUT2D eigenvalue weighted by Crippen LogP contribution is -2.17. The molecule has 1 N–H and O–H groups in total. The summed E-state index contributed by atoms with van der Waals surface area (Å²) >= 11 is 0. The summed E-state index contributed by atoms with van der Waals surface area (Å²) in [4.78, 5) is 4.23. The third-order valence-electron chi connectivity index (χ3n) is 2.03. The van der Waals surface area contributed by atoms with E-state index >= 15 is 0 Å². The highest BCUT2D eigenvalue weighted by molar-refractivity contribution is 5.27. The zero-order valence-corrected chi connectivity index (χ0v) is 8.33. The highest BCUT2D eigenvalue weighted by atomic mass is 15.2. The van der Waals surface area contributed by atoms with Gasteiger partial charge in [0, 0.05) is 25.0 Å². The Morgan fingerprint density at radius 1 is 1.77 bits per heavy atom. The Hall–Kier alpha value is -1.25. The van der Waals surface area contributed by atoms with Crippen molar-refractivity contribution in [2.24, 2.45) is 0 Å². The van der Waals surface area contributed by atoms with E-state index in [9.17, 15) is 0 Å². The van der Waals surface area contributed by atoms with Crippen molar-refractivity contribution in [1.29, 1.82) is 0 Å². The fourth-order valence-electron chi connectivity index (χ4n) is 1.06. The van der Waals surface area contributed by atoms with Crippen LogP contribution in [0.1, 0.15) is 20.3 Å². The van der Waals surface area contributed by atoms with Gasteiger partial charge in [-0.25, -0.2) is 4.98 Å². The normalized spacial score (nSPS) is 12.5. The van der Waals surface area contributed by atoms with Crippen molar-refractivity contribution in [3.63, 3.8) is 0 Å². The van der Waals surface area contributed by atoms with Gasteiger partial charge in [0.25, 0.3) is 0 Å². The minimum Gasteiger partial charge on any atom is -0.353 e. The second-order valence-corrected chi connectivity index (χ2v) is 3.15. The number of imidazole rings is 1. The molecule has 0 amide bonds. The maximum Gasteiger partial charge on any atom is 0.203 e. The summed E-state index contributed by atoms with van der Waals surface area (Å²) in [6.45, 7) is 8.80. The smallest absolute Gasteiger partial charge is 0.203 e. The topological polar surface area (TPSA) is 29.9 Å². The van der Waals surface area contributed by atoms with Gasteiger partial charge in [-0.1, -0.05) is 13.0 Å². The minimum atomic E-state index is 0.464. The molecule has 0 aliphatic carbocycles. The Morgan fingerprint density at radius 2 is 2.54 bits per heavy atom. The molecule has 72 valence electrons. The molecule has 0 aliphatic heterocycles. The number of hydrogen-bond acceptors (Lipinski definition) is 2. The SMILES string of the molecule is C=CCn1ccnc1NC(C)CC. The van der Waals surface area contributed by atoms with Crippen molar-refractivity contribution >= 4 is 5.95 Å². The summed E-state index contributed by atoms with van der Waals surface area (Å²) in [5.74, 6) is 0.925. The lowest BCUT2D eigenvalue weighted by Gasteiger charge is -2.12. The van der Waals surface area contributed by atoms with E-state index in [4.69, 9.17) is 0 Å². The number of hydrogen-bond donors (Lipinski definition) is 1. The molecule has 0 aromatic carbocycles. The third kappa shape index (κ3) is 2.61. The fourth-order valence-corrected chi connectivity index (χ4v) is 1.06. The van der Waals surface area contributed by atoms with E-state index in [2.05, 4.69) is 30.7 Å². The number of allylic oxidation sites excluding steroid dienone is 1. The molecule has 0 bridgehead atoms. The molecule has 13 heavy (non-hydrogen) atoms. The fraction of sp³-hybridized carbons (Fsp3) is 0.500. The second kappa shape index (κ2) is 4.70. The molecule has 1 aromatic rings. The number of nitrogens with zero attached hydrogens (tertiary/aromatic N) is 2. The Morgan fingerprint density at radius 3 is 3.15 bits per heavy atom. The first-order valence-corrected chi connectivity index (χ1v) is 4.66. The molecular formula is C10H17N3. The van der Waals surface area contributed by atoms with Gasteiger partial charge in [-0.3, -0.25) is 0 Å². The van der Waals surface area contributed by atoms with E-state index < -0.39 is 0 Å². The molecule has 0 saturated carbocycles. The molecular weight excluding hydrogens is 162 g/mol. The average Bonchev–Trinajstić information content (AvgIpc) is 2.54. The lowest BCUT2D eigenvalue weighted by molar-refractivity contribution is 0.728. The highest BCUT2D eigenvalue weighted by Crippen LogP contribution is 2.07. The molecule has 0 spiro atoms. The van der Waals surface area contributed by atoms with Crippen molar-refractivity contribution in [3.05, 3.63) is 25.0 Å². The third-order valence-corrected chi connectivity index (χ3v) is 2.03. The lowest BCUT2D eigenvalue weighted by atomic mass is 10.3. The molecule has 0 fully saturated rings. The van der Waals surface area contributed by atoms with Gasteiger partial charge in [0.1, 0.15) is 0 Å². The van der Waals surface area contributed by atoms with E-state index in [-0.39, 0.29) is 0 Å². The summed E-state index contributed by atoms with van der Waals surface area (Å²) in [5.41, 5.74) is 0. The van der Waals surface area contributed by atoms with Crippen LogP contribution in [0.4, 0.5) is 5.95 Å². The van der Waals surface area contributed by atoms with E-state index in [1.807, 2.05) is 16.8 Å². The molecule has 1 rings (SSSR count). The number of aromatic nitrogens is 2. The molecule has 1 unspecified atom stereocenters. The maximum absolute atomic E-state index is 4.23. The van der Waals surface area contributed by atoms with Gasteiger partial charge >= 0.3 is 0 Å². The maximum atomic E-state index is 4.23. The van der Waals surface area contributed by atoms with Crippen LogP contribution >= 0.6 is 0 Å². The van der Waals surface area contributed by atoms with Crippen molar-refractivity contribution in [2.75, 3.05) is 5.32 Å². The number of anilines is 1. The van der Waals surface area contributed by atoms with E-state index in [0.29, 0.717) is 6.04 Å². The van der Waals surface area contributed by atoms with Crippen molar-refractivity contribution in [1.82, 2.24) is 9.55 Å². The molecule has 3 nitrogen and oxygen atoms in total. The second-order valence-electron chi connectivity index (χ2n) is 3.15. The summed E-state index contributed by atoms with van der Waals surface area (Å²) in [6.07, 6.45) is 6.71. The van der Waals surface area contributed by atoms with Crippen molar-refractivity contribution in [3.8, 4) is 0 Å². The van der Waals surface area contributed by atoms with Gasteiger partial charge in [-0.2, -0.15) is 0 Å². The molecule has 0 radical (unpaired) electrons.